The number of carbonyl (C=O) groups is 1. The fraction of sp³-hybridized carbons (Fsp3) is 0.316. The fourth-order valence-corrected chi connectivity index (χ4v) is 4.83. The molecule has 0 radical (unpaired) electrons. The lowest BCUT2D eigenvalue weighted by Crippen LogP contribution is -2.33. The number of amides is 1. The number of fused-ring (bicyclic) bond motifs is 1. The normalized spacial score (nSPS) is 19.6. The molecule has 2 heterocycles. The van der Waals surface area contributed by atoms with Crippen LogP contribution in [0.1, 0.15) is 27.6 Å². The third-order valence-electron chi connectivity index (χ3n) is 4.50. The van der Waals surface area contributed by atoms with Crippen molar-refractivity contribution in [3.05, 3.63) is 58.1 Å². The van der Waals surface area contributed by atoms with Crippen LogP contribution in [0.15, 0.2) is 46.9 Å². The van der Waals surface area contributed by atoms with Gasteiger partial charge in [-0.3, -0.25) is 4.79 Å². The highest BCUT2D eigenvalue weighted by molar-refractivity contribution is 9.10. The van der Waals surface area contributed by atoms with Crippen molar-refractivity contribution in [2.24, 2.45) is 0 Å². The highest BCUT2D eigenvalue weighted by Crippen LogP contribution is 2.40. The van der Waals surface area contributed by atoms with Crippen LogP contribution in [0.25, 0.3) is 0 Å². The Balaban J connectivity index is 1.47. The summed E-state index contributed by atoms with van der Waals surface area (Å²) in [6, 6.07) is 13.8. The molecule has 2 aliphatic rings. The van der Waals surface area contributed by atoms with Crippen LogP contribution >= 0.6 is 27.7 Å². The molecule has 2 aromatic carbocycles. The molecule has 6 heteroatoms. The Labute approximate surface area is 159 Å². The number of nitrogens with zero attached hydrogens (tertiary/aromatic N) is 1. The standard InChI is InChI=1S/C19H18BrNO3S/c20-15-4-2-1-3-14(15)19(22)21-8-7-18(25-10-9-21)13-5-6-16-17(11-13)24-12-23-16/h1-6,11,18H,7-10,12H2/t18-/m1/s1. The Morgan fingerprint density at radius 1 is 1.12 bits per heavy atom. The fourth-order valence-electron chi connectivity index (χ4n) is 3.16. The molecule has 0 N–H and O–H groups in total. The molecule has 1 amide bonds. The first-order chi connectivity index (χ1) is 12.2. The smallest absolute Gasteiger partial charge is 0.255 e. The molecular formula is C19H18BrNO3S. The van der Waals surface area contributed by atoms with Crippen molar-refractivity contribution in [1.82, 2.24) is 4.90 Å². The highest BCUT2D eigenvalue weighted by atomic mass is 79.9. The van der Waals surface area contributed by atoms with Crippen LogP contribution < -0.4 is 9.47 Å². The molecule has 1 saturated heterocycles. The second-order valence-corrected chi connectivity index (χ2v) is 8.20. The molecule has 0 saturated carbocycles. The quantitative estimate of drug-likeness (QED) is 0.718. The molecule has 2 aliphatic heterocycles. The van der Waals surface area contributed by atoms with E-state index in [1.165, 1.54) is 5.56 Å². The van der Waals surface area contributed by atoms with Gasteiger partial charge < -0.3 is 14.4 Å². The lowest BCUT2D eigenvalue weighted by molar-refractivity contribution is 0.0765. The summed E-state index contributed by atoms with van der Waals surface area (Å²) in [5, 5.41) is 0.367. The van der Waals surface area contributed by atoms with E-state index in [0.29, 0.717) is 12.0 Å². The van der Waals surface area contributed by atoms with E-state index < -0.39 is 0 Å². The van der Waals surface area contributed by atoms with Gasteiger partial charge in [0.1, 0.15) is 0 Å². The second-order valence-electron chi connectivity index (χ2n) is 6.03. The average Bonchev–Trinajstić information content (AvgIpc) is 2.96. The Morgan fingerprint density at radius 2 is 1.96 bits per heavy atom. The van der Waals surface area contributed by atoms with Gasteiger partial charge in [0, 0.05) is 28.6 Å². The lowest BCUT2D eigenvalue weighted by atomic mass is 10.1. The minimum absolute atomic E-state index is 0.0967. The van der Waals surface area contributed by atoms with Gasteiger partial charge in [-0.1, -0.05) is 18.2 Å². The maximum Gasteiger partial charge on any atom is 0.255 e. The van der Waals surface area contributed by atoms with Gasteiger partial charge >= 0.3 is 0 Å². The summed E-state index contributed by atoms with van der Waals surface area (Å²) < 4.78 is 11.7. The van der Waals surface area contributed by atoms with Crippen LogP contribution in [0.3, 0.4) is 0 Å². The van der Waals surface area contributed by atoms with Gasteiger partial charge in [0.2, 0.25) is 6.79 Å². The largest absolute Gasteiger partial charge is 0.454 e. The Hall–Kier alpha value is -1.66. The van der Waals surface area contributed by atoms with E-state index in [0.717, 1.165) is 46.8 Å². The van der Waals surface area contributed by atoms with E-state index in [4.69, 9.17) is 9.47 Å². The number of hydrogen-bond donors (Lipinski definition) is 0. The van der Waals surface area contributed by atoms with Gasteiger partial charge in [-0.05, 0) is 52.2 Å². The zero-order valence-corrected chi connectivity index (χ0v) is 16.0. The van der Waals surface area contributed by atoms with Crippen LogP contribution in [0.4, 0.5) is 0 Å². The summed E-state index contributed by atoms with van der Waals surface area (Å²) in [4.78, 5) is 14.8. The highest BCUT2D eigenvalue weighted by Gasteiger charge is 2.25. The first-order valence-electron chi connectivity index (χ1n) is 8.27. The molecule has 0 aliphatic carbocycles. The van der Waals surface area contributed by atoms with Crippen molar-refractivity contribution in [1.29, 1.82) is 0 Å². The Kier molecular flexibility index (Phi) is 4.90. The van der Waals surface area contributed by atoms with E-state index in [2.05, 4.69) is 28.1 Å². The summed E-state index contributed by atoms with van der Waals surface area (Å²) in [6.07, 6.45) is 0.931. The SMILES string of the molecule is O=C(c1ccccc1Br)N1CCS[C@@H](c2ccc3c(c2)OCO3)CC1. The first kappa shape index (κ1) is 16.8. The summed E-state index contributed by atoms with van der Waals surface area (Å²) in [5.41, 5.74) is 1.97. The van der Waals surface area contributed by atoms with Gasteiger partial charge in [0.15, 0.2) is 11.5 Å². The zero-order chi connectivity index (χ0) is 17.2. The van der Waals surface area contributed by atoms with Gasteiger partial charge in [-0.2, -0.15) is 11.8 Å². The summed E-state index contributed by atoms with van der Waals surface area (Å²) in [6.45, 7) is 1.82. The molecular weight excluding hydrogens is 402 g/mol. The molecule has 0 spiro atoms. The van der Waals surface area contributed by atoms with Gasteiger partial charge in [-0.15, -0.1) is 0 Å². The number of ether oxygens (including phenoxy) is 2. The Bertz CT molecular complexity index is 798. The number of hydrogen-bond acceptors (Lipinski definition) is 4. The van der Waals surface area contributed by atoms with E-state index in [-0.39, 0.29) is 5.91 Å². The third-order valence-corrected chi connectivity index (χ3v) is 6.52. The van der Waals surface area contributed by atoms with Crippen molar-refractivity contribution in [3.63, 3.8) is 0 Å². The molecule has 0 bridgehead atoms. The Morgan fingerprint density at radius 3 is 2.84 bits per heavy atom. The third kappa shape index (κ3) is 3.51. The van der Waals surface area contributed by atoms with E-state index in [1.54, 1.807) is 0 Å². The van der Waals surface area contributed by atoms with E-state index in [9.17, 15) is 4.79 Å². The molecule has 130 valence electrons. The molecule has 0 unspecified atom stereocenters. The molecule has 4 rings (SSSR count). The zero-order valence-electron chi connectivity index (χ0n) is 13.6. The van der Waals surface area contributed by atoms with Gasteiger partial charge in [0.05, 0.1) is 5.56 Å². The van der Waals surface area contributed by atoms with Crippen molar-refractivity contribution in [3.8, 4) is 11.5 Å². The number of thioether (sulfide) groups is 1. The van der Waals surface area contributed by atoms with E-state index in [1.807, 2.05) is 47.0 Å². The number of carbonyl (C=O) groups excluding carboxylic acids is 1. The van der Waals surface area contributed by atoms with Crippen molar-refractivity contribution in [2.45, 2.75) is 11.7 Å². The monoisotopic (exact) mass is 419 g/mol. The second kappa shape index (κ2) is 7.30. The molecule has 0 aromatic heterocycles. The van der Waals surface area contributed by atoms with Crippen LogP contribution in [0.2, 0.25) is 0 Å². The van der Waals surface area contributed by atoms with Gasteiger partial charge in [0.25, 0.3) is 5.91 Å². The minimum atomic E-state index is 0.0967. The first-order valence-corrected chi connectivity index (χ1v) is 10.1. The van der Waals surface area contributed by atoms with E-state index >= 15 is 0 Å². The summed E-state index contributed by atoms with van der Waals surface area (Å²) >= 11 is 5.38. The number of benzene rings is 2. The van der Waals surface area contributed by atoms with Crippen LogP contribution in [-0.2, 0) is 0 Å². The molecule has 1 fully saturated rings. The average molecular weight is 420 g/mol. The van der Waals surface area contributed by atoms with Crippen LogP contribution in [-0.4, -0.2) is 36.4 Å². The number of halogens is 1. The molecule has 1 atom stereocenters. The number of rotatable bonds is 2. The molecule has 2 aromatic rings. The van der Waals surface area contributed by atoms with Crippen molar-refractivity contribution in [2.75, 3.05) is 25.6 Å². The maximum atomic E-state index is 12.8. The molecule has 4 nitrogen and oxygen atoms in total. The molecule has 25 heavy (non-hydrogen) atoms. The predicted molar refractivity (Wildman–Crippen MR) is 102 cm³/mol. The maximum absolute atomic E-state index is 12.8. The van der Waals surface area contributed by atoms with Crippen LogP contribution in [0, 0.1) is 0 Å². The van der Waals surface area contributed by atoms with Crippen molar-refractivity contribution < 1.29 is 14.3 Å². The minimum Gasteiger partial charge on any atom is -0.454 e. The summed E-state index contributed by atoms with van der Waals surface area (Å²) in [5.74, 6) is 2.66. The van der Waals surface area contributed by atoms with Crippen molar-refractivity contribution >= 4 is 33.6 Å². The lowest BCUT2D eigenvalue weighted by Gasteiger charge is -2.21. The summed E-state index contributed by atoms with van der Waals surface area (Å²) in [7, 11) is 0. The van der Waals surface area contributed by atoms with Gasteiger partial charge in [-0.25, -0.2) is 0 Å². The predicted octanol–water partition coefficient (Wildman–Crippen LogP) is 4.50. The van der Waals surface area contributed by atoms with Crippen LogP contribution in [0.5, 0.6) is 11.5 Å². The topological polar surface area (TPSA) is 38.8 Å².